The van der Waals surface area contributed by atoms with Crippen LogP contribution in [0.3, 0.4) is 0 Å². The topological polar surface area (TPSA) is 61.9 Å². The zero-order valence-electron chi connectivity index (χ0n) is 14.8. The summed E-state index contributed by atoms with van der Waals surface area (Å²) >= 11 is 0. The van der Waals surface area contributed by atoms with E-state index in [-0.39, 0.29) is 0 Å². The lowest BCUT2D eigenvalue weighted by molar-refractivity contribution is 0.0342. The first-order chi connectivity index (χ1) is 12.1. The second-order valence-corrected chi connectivity index (χ2v) is 8.60. The molecule has 0 bridgehead atoms. The van der Waals surface area contributed by atoms with E-state index in [1.54, 1.807) is 4.31 Å². The normalized spacial score (nSPS) is 21.1. The summed E-state index contributed by atoms with van der Waals surface area (Å²) in [5.74, 6) is 0. The van der Waals surface area contributed by atoms with Crippen molar-refractivity contribution in [3.05, 3.63) is 35.4 Å². The fourth-order valence-electron chi connectivity index (χ4n) is 3.40. The minimum Gasteiger partial charge on any atom is -0.379 e. The smallest absolute Gasteiger partial charge is 0.279 e. The Balaban J connectivity index is 1.56. The number of nitrogens with zero attached hydrogens (tertiary/aromatic N) is 2. The van der Waals surface area contributed by atoms with Crippen LogP contribution in [0, 0.1) is 0 Å². The quantitative estimate of drug-likeness (QED) is 0.832. The summed E-state index contributed by atoms with van der Waals surface area (Å²) in [7, 11) is -3.39. The van der Waals surface area contributed by atoms with Crippen LogP contribution in [0.2, 0.25) is 0 Å². The van der Waals surface area contributed by atoms with Crippen molar-refractivity contribution in [3.63, 3.8) is 0 Å². The van der Waals surface area contributed by atoms with Crippen LogP contribution in [0.1, 0.15) is 36.8 Å². The van der Waals surface area contributed by atoms with Crippen molar-refractivity contribution in [1.82, 2.24) is 13.9 Å². The molecule has 0 saturated carbocycles. The predicted octanol–water partition coefficient (Wildman–Crippen LogP) is 1.73. The summed E-state index contributed by atoms with van der Waals surface area (Å²) < 4.78 is 34.8. The summed E-state index contributed by atoms with van der Waals surface area (Å²) in [6.45, 7) is 5.97. The summed E-state index contributed by atoms with van der Waals surface area (Å²) in [5.41, 5.74) is 2.22. The molecule has 7 heteroatoms. The third kappa shape index (κ3) is 5.76. The molecule has 0 spiro atoms. The molecule has 25 heavy (non-hydrogen) atoms. The molecule has 2 saturated heterocycles. The number of rotatable bonds is 6. The van der Waals surface area contributed by atoms with Crippen LogP contribution in [0.25, 0.3) is 0 Å². The van der Waals surface area contributed by atoms with Crippen LogP contribution in [0.4, 0.5) is 0 Å². The highest BCUT2D eigenvalue weighted by atomic mass is 32.2. The molecule has 140 valence electrons. The lowest BCUT2D eigenvalue weighted by Gasteiger charge is -2.26. The van der Waals surface area contributed by atoms with Crippen molar-refractivity contribution >= 4 is 10.2 Å². The van der Waals surface area contributed by atoms with Crippen LogP contribution >= 0.6 is 0 Å². The molecule has 0 aliphatic carbocycles. The first-order valence-corrected chi connectivity index (χ1v) is 10.7. The monoisotopic (exact) mass is 367 g/mol. The molecular formula is C18H29N3O3S. The van der Waals surface area contributed by atoms with Crippen LogP contribution < -0.4 is 4.72 Å². The van der Waals surface area contributed by atoms with Gasteiger partial charge in [0, 0.05) is 39.3 Å². The van der Waals surface area contributed by atoms with E-state index in [0.717, 1.165) is 64.1 Å². The zero-order chi connectivity index (χ0) is 17.5. The third-order valence-corrected chi connectivity index (χ3v) is 6.42. The van der Waals surface area contributed by atoms with Crippen LogP contribution in [0.15, 0.2) is 24.3 Å². The highest BCUT2D eigenvalue weighted by Gasteiger charge is 2.22. The van der Waals surface area contributed by atoms with E-state index >= 15 is 0 Å². The Hall–Kier alpha value is -0.990. The van der Waals surface area contributed by atoms with Gasteiger partial charge in [0.25, 0.3) is 10.2 Å². The molecule has 0 atom stereocenters. The fourth-order valence-corrected chi connectivity index (χ4v) is 4.67. The van der Waals surface area contributed by atoms with Crippen molar-refractivity contribution < 1.29 is 13.2 Å². The molecule has 0 aromatic heterocycles. The Morgan fingerprint density at radius 1 is 0.960 bits per heavy atom. The maximum Gasteiger partial charge on any atom is 0.279 e. The van der Waals surface area contributed by atoms with Crippen LogP contribution in [-0.4, -0.2) is 57.0 Å². The molecule has 2 aliphatic rings. The van der Waals surface area contributed by atoms with Gasteiger partial charge in [0.2, 0.25) is 0 Å². The van der Waals surface area contributed by atoms with Crippen molar-refractivity contribution in [2.24, 2.45) is 0 Å². The van der Waals surface area contributed by atoms with E-state index in [1.165, 1.54) is 5.56 Å². The Bertz CT molecular complexity index is 637. The molecule has 2 aliphatic heterocycles. The van der Waals surface area contributed by atoms with Crippen LogP contribution in [-0.2, 0) is 28.0 Å². The van der Waals surface area contributed by atoms with Gasteiger partial charge in [0.1, 0.15) is 0 Å². The molecule has 0 amide bonds. The Morgan fingerprint density at radius 2 is 1.64 bits per heavy atom. The lowest BCUT2D eigenvalue weighted by atomic mass is 10.1. The summed E-state index contributed by atoms with van der Waals surface area (Å²) in [6.07, 6.45) is 4.15. The van der Waals surface area contributed by atoms with Gasteiger partial charge in [-0.3, -0.25) is 4.90 Å². The van der Waals surface area contributed by atoms with Gasteiger partial charge in [-0.1, -0.05) is 37.1 Å². The van der Waals surface area contributed by atoms with Gasteiger partial charge in [0.15, 0.2) is 0 Å². The zero-order valence-corrected chi connectivity index (χ0v) is 15.6. The van der Waals surface area contributed by atoms with Gasteiger partial charge in [-0.15, -0.1) is 0 Å². The van der Waals surface area contributed by atoms with E-state index in [9.17, 15) is 8.42 Å². The highest BCUT2D eigenvalue weighted by molar-refractivity contribution is 7.87. The molecule has 2 heterocycles. The number of nitrogens with one attached hydrogen (secondary N) is 1. The molecule has 6 nitrogen and oxygen atoms in total. The molecule has 1 aromatic carbocycles. The summed E-state index contributed by atoms with van der Waals surface area (Å²) in [6, 6.07) is 8.18. The Kier molecular flexibility index (Phi) is 6.84. The average molecular weight is 368 g/mol. The average Bonchev–Trinajstić information content (AvgIpc) is 2.91. The SMILES string of the molecule is O=S(=O)(NCc1cccc(CN2CCOCC2)c1)N1CCCCCC1. The van der Waals surface area contributed by atoms with E-state index in [2.05, 4.69) is 21.8 Å². The first-order valence-electron chi connectivity index (χ1n) is 9.26. The van der Waals surface area contributed by atoms with E-state index in [4.69, 9.17) is 4.74 Å². The molecule has 1 aromatic rings. The number of hydrogen-bond acceptors (Lipinski definition) is 4. The third-order valence-electron chi connectivity index (χ3n) is 4.86. The van der Waals surface area contributed by atoms with Gasteiger partial charge in [0.05, 0.1) is 13.2 Å². The number of ether oxygens (including phenoxy) is 1. The number of hydrogen-bond donors (Lipinski definition) is 1. The number of morpholine rings is 1. The molecular weight excluding hydrogens is 338 g/mol. The molecule has 0 unspecified atom stereocenters. The molecule has 2 fully saturated rings. The van der Waals surface area contributed by atoms with Crippen molar-refractivity contribution in [2.75, 3.05) is 39.4 Å². The van der Waals surface area contributed by atoms with E-state index < -0.39 is 10.2 Å². The largest absolute Gasteiger partial charge is 0.379 e. The fraction of sp³-hybridized carbons (Fsp3) is 0.667. The second-order valence-electron chi connectivity index (χ2n) is 6.85. The molecule has 0 radical (unpaired) electrons. The van der Waals surface area contributed by atoms with E-state index in [0.29, 0.717) is 19.6 Å². The minimum absolute atomic E-state index is 0.343. The number of benzene rings is 1. The van der Waals surface area contributed by atoms with Crippen molar-refractivity contribution in [2.45, 2.75) is 38.8 Å². The highest BCUT2D eigenvalue weighted by Crippen LogP contribution is 2.14. The van der Waals surface area contributed by atoms with Gasteiger partial charge in [-0.2, -0.15) is 17.4 Å². The van der Waals surface area contributed by atoms with Gasteiger partial charge in [-0.25, -0.2) is 0 Å². The first kappa shape index (κ1) is 18.8. The van der Waals surface area contributed by atoms with Gasteiger partial charge in [-0.05, 0) is 24.0 Å². The van der Waals surface area contributed by atoms with Gasteiger partial charge >= 0.3 is 0 Å². The van der Waals surface area contributed by atoms with Gasteiger partial charge < -0.3 is 4.74 Å². The minimum atomic E-state index is -3.39. The summed E-state index contributed by atoms with van der Waals surface area (Å²) in [4.78, 5) is 2.37. The van der Waals surface area contributed by atoms with Crippen LogP contribution in [0.5, 0.6) is 0 Å². The van der Waals surface area contributed by atoms with E-state index in [1.807, 2.05) is 12.1 Å². The van der Waals surface area contributed by atoms with Crippen molar-refractivity contribution in [3.8, 4) is 0 Å². The maximum absolute atomic E-state index is 12.5. The molecule has 1 N–H and O–H groups in total. The summed E-state index contributed by atoms with van der Waals surface area (Å²) in [5, 5.41) is 0. The maximum atomic E-state index is 12.5. The lowest BCUT2D eigenvalue weighted by Crippen LogP contribution is -2.40. The second kappa shape index (κ2) is 9.09. The Labute approximate surface area is 151 Å². The Morgan fingerprint density at radius 3 is 2.36 bits per heavy atom. The van der Waals surface area contributed by atoms with Crippen molar-refractivity contribution in [1.29, 1.82) is 0 Å². The standard InChI is InChI=1S/C18H29N3O3S/c22-25(23,21-8-3-1-2-4-9-21)19-15-17-6-5-7-18(14-17)16-20-10-12-24-13-11-20/h5-7,14,19H,1-4,8-13,15-16H2. The molecule has 3 rings (SSSR count). The predicted molar refractivity (Wildman–Crippen MR) is 98.3 cm³/mol.